The number of nitrogens with zero attached hydrogens (tertiary/aromatic N) is 5. The van der Waals surface area contributed by atoms with Crippen LogP contribution in [0.3, 0.4) is 0 Å². The monoisotopic (exact) mass is 570 g/mol. The van der Waals surface area contributed by atoms with Crippen LogP contribution in [-0.2, 0) is 16.1 Å². The van der Waals surface area contributed by atoms with Crippen molar-refractivity contribution in [1.82, 2.24) is 20.1 Å². The number of carbonyl (C=O) groups excluding carboxylic acids is 1. The highest BCUT2D eigenvalue weighted by Gasteiger charge is 2.30. The maximum absolute atomic E-state index is 12.6. The van der Waals surface area contributed by atoms with E-state index in [4.69, 9.17) is 9.73 Å². The van der Waals surface area contributed by atoms with E-state index in [1.54, 1.807) is 0 Å². The third kappa shape index (κ3) is 7.18. The summed E-state index contributed by atoms with van der Waals surface area (Å²) in [5.74, 6) is 2.15. The Labute approximate surface area is 215 Å². The maximum atomic E-state index is 12.6. The van der Waals surface area contributed by atoms with Crippen molar-refractivity contribution in [1.29, 1.82) is 0 Å². The number of amides is 1. The number of anilines is 1. The van der Waals surface area contributed by atoms with E-state index >= 15 is 0 Å². The average Bonchev–Trinajstić information content (AvgIpc) is 3.24. The summed E-state index contributed by atoms with van der Waals surface area (Å²) >= 11 is 0. The first-order valence-corrected chi connectivity index (χ1v) is 12.4. The zero-order valence-corrected chi connectivity index (χ0v) is 22.2. The lowest BCUT2D eigenvalue weighted by molar-refractivity contribution is -0.142. The van der Waals surface area contributed by atoms with Gasteiger partial charge < -0.3 is 24.8 Å². The first-order valence-electron chi connectivity index (χ1n) is 12.4. The molecule has 1 aromatic rings. The van der Waals surface area contributed by atoms with Crippen molar-refractivity contribution >= 4 is 41.7 Å². The van der Waals surface area contributed by atoms with E-state index in [1.165, 1.54) is 31.2 Å². The molecule has 0 spiro atoms. The summed E-state index contributed by atoms with van der Waals surface area (Å²) in [5.41, 5.74) is 1.18. The second kappa shape index (κ2) is 13.3. The molecule has 1 aromatic heterocycles. The van der Waals surface area contributed by atoms with Crippen LogP contribution in [0, 0.1) is 0 Å². The van der Waals surface area contributed by atoms with Gasteiger partial charge >= 0.3 is 0 Å². The number of hydrogen-bond donors (Lipinski definition) is 1. The van der Waals surface area contributed by atoms with E-state index in [-0.39, 0.29) is 36.0 Å². The van der Waals surface area contributed by atoms with Crippen LogP contribution in [-0.4, -0.2) is 85.2 Å². The Bertz CT molecular complexity index is 770. The van der Waals surface area contributed by atoms with Crippen molar-refractivity contribution in [3.63, 3.8) is 0 Å². The Morgan fingerprint density at radius 2 is 1.82 bits per heavy atom. The molecule has 0 radical (unpaired) electrons. The van der Waals surface area contributed by atoms with Crippen LogP contribution in [0.15, 0.2) is 23.3 Å². The van der Waals surface area contributed by atoms with Crippen molar-refractivity contribution in [3.8, 4) is 0 Å². The van der Waals surface area contributed by atoms with Gasteiger partial charge in [-0.2, -0.15) is 0 Å². The van der Waals surface area contributed by atoms with E-state index in [9.17, 15) is 4.79 Å². The molecule has 3 fully saturated rings. The third-order valence-electron chi connectivity index (χ3n) is 6.58. The van der Waals surface area contributed by atoms with Crippen LogP contribution in [0.5, 0.6) is 0 Å². The molecular weight excluding hydrogens is 531 g/mol. The van der Waals surface area contributed by atoms with Gasteiger partial charge in [-0.25, -0.2) is 9.98 Å². The SMILES string of the molecule is CCNC(=NCc1ccnc(N2CCCCCC2)c1)N1CCN(C(=O)C2CCCO2)CC1.I. The third-order valence-corrected chi connectivity index (χ3v) is 6.58. The fourth-order valence-corrected chi connectivity index (χ4v) is 4.74. The standard InChI is InChI=1S/C24H38N6O2.HI/c1-2-25-24(30-15-13-29(14-16-30)23(31)21-8-7-17-32-21)27-19-20-9-10-26-22(18-20)28-11-5-3-4-6-12-28;/h9-10,18,21H,2-8,11-17,19H2,1H3,(H,25,27);1H. The summed E-state index contributed by atoms with van der Waals surface area (Å²) in [4.78, 5) is 28.8. The van der Waals surface area contributed by atoms with Crippen LogP contribution in [0.2, 0.25) is 0 Å². The van der Waals surface area contributed by atoms with Gasteiger partial charge in [-0.05, 0) is 50.3 Å². The Morgan fingerprint density at radius 1 is 1.09 bits per heavy atom. The van der Waals surface area contributed by atoms with Gasteiger partial charge in [-0.15, -0.1) is 24.0 Å². The predicted molar refractivity (Wildman–Crippen MR) is 142 cm³/mol. The van der Waals surface area contributed by atoms with Gasteiger partial charge in [0.05, 0.1) is 6.54 Å². The molecule has 33 heavy (non-hydrogen) atoms. The molecule has 1 N–H and O–H groups in total. The van der Waals surface area contributed by atoms with Crippen molar-refractivity contribution in [2.75, 3.05) is 57.3 Å². The molecule has 1 atom stereocenters. The topological polar surface area (TPSA) is 73.3 Å². The van der Waals surface area contributed by atoms with E-state index < -0.39 is 0 Å². The zero-order chi connectivity index (χ0) is 22.2. The van der Waals surface area contributed by atoms with E-state index in [0.717, 1.165) is 70.4 Å². The molecule has 0 aliphatic carbocycles. The Morgan fingerprint density at radius 3 is 2.48 bits per heavy atom. The highest BCUT2D eigenvalue weighted by molar-refractivity contribution is 14.0. The van der Waals surface area contributed by atoms with Gasteiger partial charge in [-0.3, -0.25) is 4.79 Å². The number of carbonyl (C=O) groups is 1. The molecule has 4 heterocycles. The van der Waals surface area contributed by atoms with Crippen LogP contribution < -0.4 is 10.2 Å². The lowest BCUT2D eigenvalue weighted by Gasteiger charge is -2.37. The molecule has 0 bridgehead atoms. The fraction of sp³-hybridized carbons (Fsp3) is 0.708. The predicted octanol–water partition coefficient (Wildman–Crippen LogP) is 2.87. The van der Waals surface area contributed by atoms with Gasteiger partial charge in [0, 0.05) is 58.6 Å². The first kappa shape index (κ1) is 26.0. The van der Waals surface area contributed by atoms with E-state index in [0.29, 0.717) is 13.2 Å². The quantitative estimate of drug-likeness (QED) is 0.334. The molecule has 0 saturated carbocycles. The van der Waals surface area contributed by atoms with Gasteiger partial charge in [0.25, 0.3) is 5.91 Å². The van der Waals surface area contributed by atoms with Crippen molar-refractivity contribution in [2.24, 2.45) is 4.99 Å². The van der Waals surface area contributed by atoms with E-state index in [1.807, 2.05) is 11.1 Å². The summed E-state index contributed by atoms with van der Waals surface area (Å²) in [6.45, 7) is 9.46. The minimum absolute atomic E-state index is 0. The molecule has 8 nitrogen and oxygen atoms in total. The molecule has 4 rings (SSSR count). The van der Waals surface area contributed by atoms with E-state index in [2.05, 4.69) is 39.2 Å². The minimum atomic E-state index is -0.228. The molecule has 9 heteroatoms. The molecule has 3 aliphatic heterocycles. The number of rotatable bonds is 5. The number of aliphatic imine (C=N–C) groups is 1. The Balaban J connectivity index is 0.00000306. The first-order chi connectivity index (χ1) is 15.7. The summed E-state index contributed by atoms with van der Waals surface area (Å²) < 4.78 is 5.58. The normalized spacial score (nSPS) is 22.0. The van der Waals surface area contributed by atoms with Crippen LogP contribution >= 0.6 is 24.0 Å². The van der Waals surface area contributed by atoms with Crippen LogP contribution in [0.1, 0.15) is 51.0 Å². The molecule has 1 unspecified atom stereocenters. The largest absolute Gasteiger partial charge is 0.368 e. The summed E-state index contributed by atoms with van der Waals surface area (Å²) in [6, 6.07) is 4.25. The number of pyridine rings is 1. The number of halogens is 1. The Hall–Kier alpha value is -1.62. The van der Waals surface area contributed by atoms with Gasteiger partial charge in [0.2, 0.25) is 0 Å². The summed E-state index contributed by atoms with van der Waals surface area (Å²) in [7, 11) is 0. The van der Waals surface area contributed by atoms with Crippen LogP contribution in [0.4, 0.5) is 5.82 Å². The summed E-state index contributed by atoms with van der Waals surface area (Å²) in [5, 5.41) is 3.43. The van der Waals surface area contributed by atoms with Crippen molar-refractivity contribution < 1.29 is 9.53 Å². The second-order valence-corrected chi connectivity index (χ2v) is 8.91. The molecule has 1 amide bonds. The lowest BCUT2D eigenvalue weighted by atomic mass is 10.2. The number of ether oxygens (including phenoxy) is 1. The van der Waals surface area contributed by atoms with Gasteiger partial charge in [-0.1, -0.05) is 12.8 Å². The molecular formula is C24H39IN6O2. The minimum Gasteiger partial charge on any atom is -0.368 e. The molecule has 184 valence electrons. The lowest BCUT2D eigenvalue weighted by Crippen LogP contribution is -2.55. The van der Waals surface area contributed by atoms with Gasteiger partial charge in [0.15, 0.2) is 5.96 Å². The van der Waals surface area contributed by atoms with Crippen molar-refractivity contribution in [3.05, 3.63) is 23.9 Å². The number of piperazine rings is 1. The molecule has 0 aromatic carbocycles. The highest BCUT2D eigenvalue weighted by Crippen LogP contribution is 2.19. The summed E-state index contributed by atoms with van der Waals surface area (Å²) in [6.07, 6.45) is 8.65. The molecule has 3 aliphatic rings. The average molecular weight is 571 g/mol. The number of aromatic nitrogens is 1. The maximum Gasteiger partial charge on any atom is 0.251 e. The highest BCUT2D eigenvalue weighted by atomic mass is 127. The number of nitrogens with one attached hydrogen (secondary N) is 1. The fourth-order valence-electron chi connectivity index (χ4n) is 4.74. The van der Waals surface area contributed by atoms with Crippen molar-refractivity contribution in [2.45, 2.75) is 58.1 Å². The number of guanidine groups is 1. The smallest absolute Gasteiger partial charge is 0.251 e. The second-order valence-electron chi connectivity index (χ2n) is 8.91. The van der Waals surface area contributed by atoms with Crippen LogP contribution in [0.25, 0.3) is 0 Å². The zero-order valence-electron chi connectivity index (χ0n) is 19.9. The number of hydrogen-bond acceptors (Lipinski definition) is 5. The molecule has 3 saturated heterocycles. The Kier molecular flexibility index (Phi) is 10.5. The van der Waals surface area contributed by atoms with Gasteiger partial charge in [0.1, 0.15) is 11.9 Å².